The summed E-state index contributed by atoms with van der Waals surface area (Å²) >= 11 is 1.39. The Morgan fingerprint density at radius 3 is 2.52 bits per heavy atom. The maximum absolute atomic E-state index is 12.4. The van der Waals surface area contributed by atoms with Gasteiger partial charge in [-0.1, -0.05) is 54.2 Å². The number of thioether (sulfide) groups is 1. The highest BCUT2D eigenvalue weighted by Crippen LogP contribution is 2.20. The highest BCUT2D eigenvalue weighted by Gasteiger charge is 2.14. The first-order valence-corrected chi connectivity index (χ1v) is 10.6. The zero-order valence-corrected chi connectivity index (χ0v) is 17.7. The molecule has 5 nitrogen and oxygen atoms in total. The van der Waals surface area contributed by atoms with Crippen molar-refractivity contribution in [1.29, 1.82) is 0 Å². The second-order valence-corrected chi connectivity index (χ2v) is 7.94. The number of benzene rings is 2. The Hall–Kier alpha value is -2.86. The lowest BCUT2D eigenvalue weighted by atomic mass is 10.1. The van der Waals surface area contributed by atoms with Gasteiger partial charge >= 0.3 is 0 Å². The molecule has 2 aromatic carbocycles. The highest BCUT2D eigenvalue weighted by molar-refractivity contribution is 7.99. The van der Waals surface area contributed by atoms with Crippen LogP contribution in [0.3, 0.4) is 0 Å². The molecule has 150 valence electrons. The van der Waals surface area contributed by atoms with Crippen LogP contribution in [0.5, 0.6) is 0 Å². The van der Waals surface area contributed by atoms with E-state index >= 15 is 0 Å². The standard InChI is InChI=1S/C23H26N4OS/c1-4-12-27-21(11-10-19-8-6-5-7-9-19)25-26-23(27)29-16-22(28)24-20-14-17(2)13-18(3)15-20/h4-9,13-15H,1,10-12,16H2,2-3H3,(H,24,28). The van der Waals surface area contributed by atoms with Gasteiger partial charge in [0, 0.05) is 18.7 Å². The molecule has 0 spiro atoms. The Balaban J connectivity index is 1.61. The number of aromatic nitrogens is 3. The molecule has 0 aliphatic carbocycles. The summed E-state index contributed by atoms with van der Waals surface area (Å²) in [7, 11) is 0. The fraction of sp³-hybridized carbons (Fsp3) is 0.261. The lowest BCUT2D eigenvalue weighted by molar-refractivity contribution is -0.113. The summed E-state index contributed by atoms with van der Waals surface area (Å²) in [6.45, 7) is 8.50. The lowest BCUT2D eigenvalue weighted by Gasteiger charge is -2.09. The number of carbonyl (C=O) groups is 1. The third-order valence-electron chi connectivity index (χ3n) is 4.42. The van der Waals surface area contributed by atoms with Crippen molar-refractivity contribution in [2.75, 3.05) is 11.1 Å². The van der Waals surface area contributed by atoms with Crippen LogP contribution in [0.25, 0.3) is 0 Å². The van der Waals surface area contributed by atoms with E-state index in [9.17, 15) is 4.79 Å². The molecule has 6 heteroatoms. The van der Waals surface area contributed by atoms with E-state index < -0.39 is 0 Å². The van der Waals surface area contributed by atoms with Crippen LogP contribution in [0, 0.1) is 13.8 Å². The number of aryl methyl sites for hydroxylation is 4. The zero-order chi connectivity index (χ0) is 20.6. The molecule has 29 heavy (non-hydrogen) atoms. The average Bonchev–Trinajstić information content (AvgIpc) is 3.07. The summed E-state index contributed by atoms with van der Waals surface area (Å²) < 4.78 is 2.03. The summed E-state index contributed by atoms with van der Waals surface area (Å²) in [6, 6.07) is 16.3. The van der Waals surface area contributed by atoms with E-state index in [1.807, 2.05) is 54.8 Å². The fourth-order valence-electron chi connectivity index (χ4n) is 3.20. The number of nitrogens with zero attached hydrogens (tertiary/aromatic N) is 3. The summed E-state index contributed by atoms with van der Waals surface area (Å²) in [6.07, 6.45) is 3.52. The molecule has 0 atom stereocenters. The Kier molecular flexibility index (Phi) is 7.25. The molecule has 0 saturated carbocycles. The zero-order valence-electron chi connectivity index (χ0n) is 16.9. The van der Waals surface area contributed by atoms with Crippen molar-refractivity contribution in [3.8, 4) is 0 Å². The van der Waals surface area contributed by atoms with E-state index in [-0.39, 0.29) is 11.7 Å². The quantitative estimate of drug-likeness (QED) is 0.417. The van der Waals surface area contributed by atoms with Gasteiger partial charge in [0.2, 0.25) is 5.91 Å². The first-order chi connectivity index (χ1) is 14.0. The number of hydrogen-bond donors (Lipinski definition) is 1. The van der Waals surface area contributed by atoms with E-state index in [0.717, 1.165) is 40.6 Å². The Bertz CT molecular complexity index is 962. The van der Waals surface area contributed by atoms with Gasteiger partial charge in [-0.15, -0.1) is 16.8 Å². The minimum atomic E-state index is -0.0565. The van der Waals surface area contributed by atoms with E-state index in [2.05, 4.69) is 40.3 Å². The number of rotatable bonds is 9. The van der Waals surface area contributed by atoms with Gasteiger partial charge < -0.3 is 9.88 Å². The van der Waals surface area contributed by atoms with Crippen LogP contribution in [-0.4, -0.2) is 26.4 Å². The predicted octanol–water partition coefficient (Wildman–Crippen LogP) is 4.60. The normalized spacial score (nSPS) is 10.7. The summed E-state index contributed by atoms with van der Waals surface area (Å²) in [5.41, 5.74) is 4.34. The number of allylic oxidation sites excluding steroid dienone is 1. The van der Waals surface area contributed by atoms with Gasteiger partial charge in [-0.3, -0.25) is 4.79 Å². The number of nitrogens with one attached hydrogen (secondary N) is 1. The minimum absolute atomic E-state index is 0.0565. The molecule has 1 heterocycles. The van der Waals surface area contributed by atoms with Gasteiger partial charge in [0.1, 0.15) is 5.82 Å². The smallest absolute Gasteiger partial charge is 0.234 e. The number of hydrogen-bond acceptors (Lipinski definition) is 4. The van der Waals surface area contributed by atoms with E-state index in [1.54, 1.807) is 0 Å². The lowest BCUT2D eigenvalue weighted by Crippen LogP contribution is -2.15. The molecule has 1 aromatic heterocycles. The van der Waals surface area contributed by atoms with Gasteiger partial charge in [-0.2, -0.15) is 0 Å². The molecular weight excluding hydrogens is 380 g/mol. The Morgan fingerprint density at radius 2 is 1.83 bits per heavy atom. The SMILES string of the molecule is C=CCn1c(CCc2ccccc2)nnc1SCC(=O)Nc1cc(C)cc(C)c1. The van der Waals surface area contributed by atoms with Crippen LogP contribution in [-0.2, 0) is 24.2 Å². The van der Waals surface area contributed by atoms with Crippen molar-refractivity contribution in [1.82, 2.24) is 14.8 Å². The number of carbonyl (C=O) groups excluding carboxylic acids is 1. The summed E-state index contributed by atoms with van der Waals surface area (Å²) in [5.74, 6) is 1.13. The molecule has 0 bridgehead atoms. The molecule has 0 aliphatic heterocycles. The van der Waals surface area contributed by atoms with Gasteiger partial charge in [0.25, 0.3) is 0 Å². The van der Waals surface area contributed by atoms with E-state index in [4.69, 9.17) is 0 Å². The Morgan fingerprint density at radius 1 is 1.10 bits per heavy atom. The van der Waals surface area contributed by atoms with E-state index in [1.165, 1.54) is 17.3 Å². The molecule has 3 aromatic rings. The van der Waals surface area contributed by atoms with Crippen molar-refractivity contribution >= 4 is 23.4 Å². The van der Waals surface area contributed by atoms with Gasteiger partial charge in [-0.25, -0.2) is 0 Å². The van der Waals surface area contributed by atoms with Crippen LogP contribution < -0.4 is 5.32 Å². The minimum Gasteiger partial charge on any atom is -0.325 e. The molecule has 0 unspecified atom stereocenters. The molecule has 1 amide bonds. The van der Waals surface area contributed by atoms with Crippen LogP contribution in [0.1, 0.15) is 22.5 Å². The van der Waals surface area contributed by atoms with Crippen LogP contribution >= 0.6 is 11.8 Å². The largest absolute Gasteiger partial charge is 0.325 e. The van der Waals surface area contributed by atoms with Crippen molar-refractivity contribution in [3.63, 3.8) is 0 Å². The molecule has 0 saturated heterocycles. The van der Waals surface area contributed by atoms with Gasteiger partial charge in [0.05, 0.1) is 5.75 Å². The topological polar surface area (TPSA) is 59.8 Å². The average molecular weight is 407 g/mol. The maximum Gasteiger partial charge on any atom is 0.234 e. The summed E-state index contributed by atoms with van der Waals surface area (Å²) in [4.78, 5) is 12.4. The predicted molar refractivity (Wildman–Crippen MR) is 119 cm³/mol. The van der Waals surface area contributed by atoms with Crippen molar-refractivity contribution < 1.29 is 4.79 Å². The second kappa shape index (κ2) is 10.1. The number of anilines is 1. The molecule has 1 N–H and O–H groups in total. The fourth-order valence-corrected chi connectivity index (χ4v) is 3.96. The first kappa shape index (κ1) is 20.9. The van der Waals surface area contributed by atoms with E-state index in [0.29, 0.717) is 6.54 Å². The molecule has 0 aliphatic rings. The summed E-state index contributed by atoms with van der Waals surface area (Å²) in [5, 5.41) is 12.4. The van der Waals surface area contributed by atoms with Crippen LogP contribution in [0.15, 0.2) is 66.3 Å². The van der Waals surface area contributed by atoms with Crippen molar-refractivity contribution in [2.24, 2.45) is 0 Å². The third kappa shape index (κ3) is 6.06. The van der Waals surface area contributed by atoms with Crippen LogP contribution in [0.4, 0.5) is 5.69 Å². The molecule has 0 radical (unpaired) electrons. The monoisotopic (exact) mass is 406 g/mol. The Labute approximate surface area is 176 Å². The molecule has 0 fully saturated rings. The second-order valence-electron chi connectivity index (χ2n) is 7.00. The highest BCUT2D eigenvalue weighted by atomic mass is 32.2. The van der Waals surface area contributed by atoms with Crippen molar-refractivity contribution in [3.05, 3.63) is 83.7 Å². The van der Waals surface area contributed by atoms with Gasteiger partial charge in [-0.05, 0) is 49.1 Å². The van der Waals surface area contributed by atoms with Crippen molar-refractivity contribution in [2.45, 2.75) is 38.4 Å². The third-order valence-corrected chi connectivity index (χ3v) is 5.39. The molecular formula is C23H26N4OS. The van der Waals surface area contributed by atoms with Gasteiger partial charge in [0.15, 0.2) is 5.16 Å². The first-order valence-electron chi connectivity index (χ1n) is 9.63. The van der Waals surface area contributed by atoms with Crippen LogP contribution in [0.2, 0.25) is 0 Å². The maximum atomic E-state index is 12.4. The number of amides is 1. The molecule has 3 rings (SSSR count).